The largest absolute Gasteiger partial charge is 0.351 e. The van der Waals surface area contributed by atoms with Crippen molar-refractivity contribution in [3.05, 3.63) is 59.3 Å². The normalized spacial score (nSPS) is 16.4. The van der Waals surface area contributed by atoms with Gasteiger partial charge in [-0.25, -0.2) is 0 Å². The summed E-state index contributed by atoms with van der Waals surface area (Å²) >= 11 is 1.40. The lowest BCUT2D eigenvalue weighted by molar-refractivity contribution is -0.113. The minimum atomic E-state index is -0.181. The molecule has 3 rings (SSSR count). The molecule has 1 aromatic carbocycles. The number of hydrogen-bond acceptors (Lipinski definition) is 3. The third-order valence-corrected chi connectivity index (χ3v) is 4.36. The number of amides is 1. The molecule has 0 saturated carbocycles. The predicted molar refractivity (Wildman–Crippen MR) is 88.3 cm³/mol. The molecule has 0 aliphatic carbocycles. The highest BCUT2D eigenvalue weighted by Gasteiger charge is 2.25. The van der Waals surface area contributed by atoms with E-state index < -0.39 is 0 Å². The lowest BCUT2D eigenvalue weighted by atomic mass is 10.3. The van der Waals surface area contributed by atoms with Crippen LogP contribution >= 0.6 is 11.8 Å². The molecule has 2 aromatic rings. The van der Waals surface area contributed by atoms with Gasteiger partial charge in [0.25, 0.3) is 5.91 Å². The molecule has 0 radical (unpaired) electrons. The highest BCUT2D eigenvalue weighted by Crippen LogP contribution is 2.31. The number of rotatable bonds is 2. The van der Waals surface area contributed by atoms with E-state index in [9.17, 15) is 4.79 Å². The van der Waals surface area contributed by atoms with Gasteiger partial charge in [0.05, 0.1) is 4.91 Å². The highest BCUT2D eigenvalue weighted by molar-refractivity contribution is 8.18. The van der Waals surface area contributed by atoms with Gasteiger partial charge in [0.15, 0.2) is 5.17 Å². The number of anilines is 1. The molecule has 1 aromatic heterocycles. The van der Waals surface area contributed by atoms with Crippen molar-refractivity contribution in [3.63, 3.8) is 0 Å². The number of para-hydroxylation sites is 1. The Morgan fingerprint density at radius 2 is 1.95 bits per heavy atom. The molecule has 21 heavy (non-hydrogen) atoms. The molecule has 0 spiro atoms. The Hall–Kier alpha value is -2.27. The number of hydrogen-bond donors (Lipinski definition) is 0. The summed E-state index contributed by atoms with van der Waals surface area (Å²) in [6.07, 6.45) is 3.83. The molecule has 0 bridgehead atoms. The SMILES string of the molecule is CN(C1=NC(=O)/C(=C\c2cccn2C)S1)c1ccccc1. The lowest BCUT2D eigenvalue weighted by Gasteiger charge is -2.17. The molecule has 106 valence electrons. The number of carbonyl (C=O) groups is 1. The van der Waals surface area contributed by atoms with Crippen LogP contribution in [0.2, 0.25) is 0 Å². The Bertz CT molecular complexity index is 731. The minimum absolute atomic E-state index is 0.181. The van der Waals surface area contributed by atoms with Gasteiger partial charge in [0, 0.05) is 31.7 Å². The van der Waals surface area contributed by atoms with Gasteiger partial charge in [-0.2, -0.15) is 4.99 Å². The Balaban J connectivity index is 1.82. The zero-order valence-corrected chi connectivity index (χ0v) is 12.7. The molecular weight excluding hydrogens is 282 g/mol. The van der Waals surface area contributed by atoms with Gasteiger partial charge in [-0.15, -0.1) is 0 Å². The van der Waals surface area contributed by atoms with Crippen molar-refractivity contribution < 1.29 is 4.79 Å². The zero-order valence-electron chi connectivity index (χ0n) is 11.9. The smallest absolute Gasteiger partial charge is 0.286 e. The van der Waals surface area contributed by atoms with E-state index in [0.717, 1.165) is 11.4 Å². The first-order valence-corrected chi connectivity index (χ1v) is 7.39. The average Bonchev–Trinajstić information content (AvgIpc) is 3.07. The number of aryl methyl sites for hydroxylation is 1. The maximum absolute atomic E-state index is 12.0. The summed E-state index contributed by atoms with van der Waals surface area (Å²) in [4.78, 5) is 18.8. The number of thioether (sulfide) groups is 1. The number of aromatic nitrogens is 1. The van der Waals surface area contributed by atoms with Gasteiger partial charge in [-0.1, -0.05) is 18.2 Å². The second kappa shape index (κ2) is 5.61. The highest BCUT2D eigenvalue weighted by atomic mass is 32.2. The molecule has 1 aliphatic heterocycles. The molecule has 5 heteroatoms. The Labute approximate surface area is 127 Å². The summed E-state index contributed by atoms with van der Waals surface area (Å²) in [7, 11) is 3.87. The molecular formula is C16H15N3OS. The van der Waals surface area contributed by atoms with E-state index in [-0.39, 0.29) is 5.91 Å². The quantitative estimate of drug-likeness (QED) is 0.799. The van der Waals surface area contributed by atoms with Gasteiger partial charge in [-0.05, 0) is 42.1 Å². The van der Waals surface area contributed by atoms with Crippen LogP contribution in [0.25, 0.3) is 6.08 Å². The Kier molecular flexibility index (Phi) is 3.66. The number of carbonyl (C=O) groups excluding carboxylic acids is 1. The van der Waals surface area contributed by atoms with Crippen LogP contribution in [0.4, 0.5) is 5.69 Å². The van der Waals surface area contributed by atoms with Crippen molar-refractivity contribution in [2.24, 2.45) is 12.0 Å². The van der Waals surface area contributed by atoms with Gasteiger partial charge >= 0.3 is 0 Å². The summed E-state index contributed by atoms with van der Waals surface area (Å²) < 4.78 is 1.97. The van der Waals surface area contributed by atoms with Crippen LogP contribution in [0.3, 0.4) is 0 Å². The van der Waals surface area contributed by atoms with Crippen LogP contribution in [0, 0.1) is 0 Å². The second-order valence-electron chi connectivity index (χ2n) is 4.75. The maximum Gasteiger partial charge on any atom is 0.286 e. The molecule has 0 atom stereocenters. The van der Waals surface area contributed by atoms with Crippen LogP contribution in [-0.2, 0) is 11.8 Å². The van der Waals surface area contributed by atoms with E-state index in [0.29, 0.717) is 10.1 Å². The molecule has 0 unspecified atom stereocenters. The van der Waals surface area contributed by atoms with Gasteiger partial charge in [0.2, 0.25) is 0 Å². The van der Waals surface area contributed by atoms with Gasteiger partial charge in [0.1, 0.15) is 0 Å². The third-order valence-electron chi connectivity index (χ3n) is 3.30. The van der Waals surface area contributed by atoms with Crippen LogP contribution in [0.15, 0.2) is 58.6 Å². The molecule has 4 nitrogen and oxygen atoms in total. The summed E-state index contributed by atoms with van der Waals surface area (Å²) in [5.41, 5.74) is 2.00. The first-order chi connectivity index (χ1) is 10.1. The van der Waals surface area contributed by atoms with Crippen LogP contribution in [0.1, 0.15) is 5.69 Å². The van der Waals surface area contributed by atoms with E-state index in [4.69, 9.17) is 0 Å². The summed E-state index contributed by atoms with van der Waals surface area (Å²) in [6, 6.07) is 13.8. The van der Waals surface area contributed by atoms with Crippen LogP contribution in [0.5, 0.6) is 0 Å². The first-order valence-electron chi connectivity index (χ1n) is 6.58. The van der Waals surface area contributed by atoms with Crippen molar-refractivity contribution >= 4 is 34.6 Å². The van der Waals surface area contributed by atoms with E-state index in [1.165, 1.54) is 11.8 Å². The molecule has 0 N–H and O–H groups in total. The molecule has 1 aliphatic rings. The molecule has 1 amide bonds. The van der Waals surface area contributed by atoms with Crippen molar-refractivity contribution in [2.45, 2.75) is 0 Å². The van der Waals surface area contributed by atoms with E-state index in [1.54, 1.807) is 0 Å². The van der Waals surface area contributed by atoms with E-state index in [1.807, 2.05) is 78.3 Å². The van der Waals surface area contributed by atoms with E-state index >= 15 is 0 Å². The van der Waals surface area contributed by atoms with Crippen molar-refractivity contribution in [3.8, 4) is 0 Å². The van der Waals surface area contributed by atoms with E-state index in [2.05, 4.69) is 4.99 Å². The third kappa shape index (κ3) is 2.78. The van der Waals surface area contributed by atoms with Crippen molar-refractivity contribution in [1.29, 1.82) is 0 Å². The van der Waals surface area contributed by atoms with Crippen LogP contribution < -0.4 is 4.90 Å². The monoisotopic (exact) mass is 297 g/mol. The predicted octanol–water partition coefficient (Wildman–Crippen LogP) is 3.13. The number of benzene rings is 1. The van der Waals surface area contributed by atoms with Crippen molar-refractivity contribution in [1.82, 2.24) is 4.57 Å². The fourth-order valence-electron chi connectivity index (χ4n) is 2.06. The Morgan fingerprint density at radius 3 is 2.62 bits per heavy atom. The van der Waals surface area contributed by atoms with Gasteiger partial charge < -0.3 is 9.47 Å². The molecule has 0 fully saturated rings. The van der Waals surface area contributed by atoms with Crippen LogP contribution in [-0.4, -0.2) is 22.7 Å². The first kappa shape index (κ1) is 13.7. The summed E-state index contributed by atoms with van der Waals surface area (Å²) in [5, 5.41) is 0.701. The second-order valence-corrected chi connectivity index (χ2v) is 5.76. The minimum Gasteiger partial charge on any atom is -0.351 e. The lowest BCUT2D eigenvalue weighted by Crippen LogP contribution is -2.21. The number of nitrogens with zero attached hydrogens (tertiary/aromatic N) is 3. The number of aliphatic imine (C=N–C) groups is 1. The fraction of sp³-hybridized carbons (Fsp3) is 0.125. The average molecular weight is 297 g/mol. The molecule has 2 heterocycles. The van der Waals surface area contributed by atoms with Crippen molar-refractivity contribution in [2.75, 3.05) is 11.9 Å². The topological polar surface area (TPSA) is 37.6 Å². The zero-order chi connectivity index (χ0) is 14.8. The number of amidine groups is 1. The maximum atomic E-state index is 12.0. The summed E-state index contributed by atoms with van der Waals surface area (Å²) in [5.74, 6) is -0.181. The molecule has 0 saturated heterocycles. The summed E-state index contributed by atoms with van der Waals surface area (Å²) in [6.45, 7) is 0. The van der Waals surface area contributed by atoms with Gasteiger partial charge in [-0.3, -0.25) is 4.79 Å². The Morgan fingerprint density at radius 1 is 1.19 bits per heavy atom. The fourth-order valence-corrected chi connectivity index (χ4v) is 2.94. The standard InChI is InChI=1S/C16H15N3OS/c1-18-10-6-9-13(18)11-14-15(20)17-16(21-14)19(2)12-7-4-3-5-8-12/h3-11H,1-2H3/b14-11+.